The zero-order valence-electron chi connectivity index (χ0n) is 16.2. The van der Waals surface area contributed by atoms with Gasteiger partial charge in [-0.3, -0.25) is 10.1 Å². The lowest BCUT2D eigenvalue weighted by Crippen LogP contribution is -2.39. The van der Waals surface area contributed by atoms with E-state index < -0.39 is 0 Å². The second kappa shape index (κ2) is 8.25. The molecule has 0 unspecified atom stereocenters. The van der Waals surface area contributed by atoms with Gasteiger partial charge in [0, 0.05) is 30.9 Å². The number of anilines is 1. The first-order valence-corrected chi connectivity index (χ1v) is 9.87. The van der Waals surface area contributed by atoms with E-state index in [1.165, 1.54) is 25.7 Å². The quantitative estimate of drug-likeness (QED) is 0.636. The first kappa shape index (κ1) is 19.0. The third-order valence-electron chi connectivity index (χ3n) is 5.77. The number of ether oxygens (including phenoxy) is 1. The zero-order valence-corrected chi connectivity index (χ0v) is 16.2. The van der Waals surface area contributed by atoms with E-state index in [1.807, 2.05) is 26.8 Å². The Balaban J connectivity index is 1.73. The van der Waals surface area contributed by atoms with Crippen molar-refractivity contribution in [1.29, 1.82) is 0 Å². The highest BCUT2D eigenvalue weighted by Crippen LogP contribution is 2.38. The summed E-state index contributed by atoms with van der Waals surface area (Å²) in [6.07, 6.45) is 4.93. The highest BCUT2D eigenvalue weighted by Gasteiger charge is 2.29. The molecule has 1 aromatic rings. The summed E-state index contributed by atoms with van der Waals surface area (Å²) in [5.74, 6) is 2.06. The molecule has 0 atom stereocenters. The number of nitro benzene ring substituents is 1. The third-order valence-corrected chi connectivity index (χ3v) is 5.77. The predicted molar refractivity (Wildman–Crippen MR) is 104 cm³/mol. The van der Waals surface area contributed by atoms with E-state index in [9.17, 15) is 10.1 Å². The van der Waals surface area contributed by atoms with Crippen LogP contribution in [0, 0.1) is 28.9 Å². The van der Waals surface area contributed by atoms with Crippen molar-refractivity contribution in [3.63, 3.8) is 0 Å². The molecule has 0 amide bonds. The Kier molecular flexibility index (Phi) is 6.01. The smallest absolute Gasteiger partial charge is 0.311 e. The number of aryl methyl sites for hydroxylation is 1. The summed E-state index contributed by atoms with van der Waals surface area (Å²) in [5, 5.41) is 14.8. The van der Waals surface area contributed by atoms with Crippen LogP contribution in [0.15, 0.2) is 12.1 Å². The molecule has 1 N–H and O–H groups in total. The average Bonchev–Trinajstić information content (AvgIpc) is 2.63. The summed E-state index contributed by atoms with van der Waals surface area (Å²) in [7, 11) is 0. The molecular formula is C20H31N3O3. The Bertz CT molecular complexity index is 633. The van der Waals surface area contributed by atoms with Gasteiger partial charge in [-0.1, -0.05) is 0 Å². The lowest BCUT2D eigenvalue weighted by Gasteiger charge is -2.39. The molecule has 2 heterocycles. The van der Waals surface area contributed by atoms with Crippen molar-refractivity contribution < 1.29 is 9.66 Å². The Morgan fingerprint density at radius 3 is 2.35 bits per heavy atom. The molecule has 0 saturated carbocycles. The molecule has 0 spiro atoms. The van der Waals surface area contributed by atoms with Crippen molar-refractivity contribution in [2.75, 3.05) is 31.1 Å². The summed E-state index contributed by atoms with van der Waals surface area (Å²) in [6, 6.07) is 3.53. The highest BCUT2D eigenvalue weighted by atomic mass is 16.6. The average molecular weight is 361 g/mol. The van der Waals surface area contributed by atoms with Gasteiger partial charge in [-0.25, -0.2) is 0 Å². The number of piperidine rings is 2. The number of hydrogen-bond acceptors (Lipinski definition) is 5. The van der Waals surface area contributed by atoms with Crippen LogP contribution >= 0.6 is 0 Å². The standard InChI is InChI=1S/C20H31N3O3/c1-14(2)26-20-13-18(15(3)12-19(20)23(24)25)22-10-6-17(7-11-22)16-4-8-21-9-5-16/h12-14,16-17,21H,4-11H2,1-3H3. The molecule has 1 aromatic carbocycles. The summed E-state index contributed by atoms with van der Waals surface area (Å²) < 4.78 is 5.73. The van der Waals surface area contributed by atoms with Gasteiger partial charge in [0.2, 0.25) is 0 Å². The molecule has 2 saturated heterocycles. The van der Waals surface area contributed by atoms with Gasteiger partial charge in [0.1, 0.15) is 0 Å². The topological polar surface area (TPSA) is 67.6 Å². The van der Waals surface area contributed by atoms with E-state index in [4.69, 9.17) is 4.74 Å². The number of nitrogens with one attached hydrogen (secondary N) is 1. The number of nitro groups is 1. The van der Waals surface area contributed by atoms with Crippen molar-refractivity contribution >= 4 is 11.4 Å². The number of benzene rings is 1. The maximum Gasteiger partial charge on any atom is 0.311 e. The van der Waals surface area contributed by atoms with E-state index in [0.717, 1.165) is 49.3 Å². The maximum atomic E-state index is 11.4. The van der Waals surface area contributed by atoms with E-state index in [1.54, 1.807) is 6.07 Å². The largest absolute Gasteiger partial charge is 0.484 e. The van der Waals surface area contributed by atoms with Crippen molar-refractivity contribution in [2.45, 2.75) is 52.6 Å². The van der Waals surface area contributed by atoms with E-state index in [-0.39, 0.29) is 16.7 Å². The fourth-order valence-electron chi connectivity index (χ4n) is 4.42. The second-order valence-electron chi connectivity index (χ2n) is 7.94. The summed E-state index contributed by atoms with van der Waals surface area (Å²) in [6.45, 7) is 10.1. The maximum absolute atomic E-state index is 11.4. The summed E-state index contributed by atoms with van der Waals surface area (Å²) in [4.78, 5) is 13.4. The van der Waals surface area contributed by atoms with Crippen molar-refractivity contribution in [3.8, 4) is 5.75 Å². The molecule has 2 fully saturated rings. The molecule has 6 nitrogen and oxygen atoms in total. The van der Waals surface area contributed by atoms with Gasteiger partial charge < -0.3 is 15.0 Å². The normalized spacial score (nSPS) is 19.8. The second-order valence-corrected chi connectivity index (χ2v) is 7.94. The van der Waals surface area contributed by atoms with Gasteiger partial charge in [0.25, 0.3) is 0 Å². The molecule has 2 aliphatic rings. The van der Waals surface area contributed by atoms with E-state index >= 15 is 0 Å². The van der Waals surface area contributed by atoms with Crippen LogP contribution in [-0.2, 0) is 0 Å². The number of rotatable bonds is 5. The number of hydrogen-bond donors (Lipinski definition) is 1. The molecule has 26 heavy (non-hydrogen) atoms. The zero-order chi connectivity index (χ0) is 18.7. The van der Waals surface area contributed by atoms with Crippen molar-refractivity contribution in [3.05, 3.63) is 27.8 Å². The van der Waals surface area contributed by atoms with E-state index in [2.05, 4.69) is 10.2 Å². The van der Waals surface area contributed by atoms with Crippen LogP contribution in [0.3, 0.4) is 0 Å². The first-order chi connectivity index (χ1) is 12.5. The molecule has 2 aliphatic heterocycles. The molecule has 6 heteroatoms. The van der Waals surface area contributed by atoms with Gasteiger partial charge in [-0.2, -0.15) is 0 Å². The van der Waals surface area contributed by atoms with Gasteiger partial charge in [0.05, 0.1) is 11.0 Å². The highest BCUT2D eigenvalue weighted by molar-refractivity contribution is 5.64. The molecular weight excluding hydrogens is 330 g/mol. The summed E-state index contributed by atoms with van der Waals surface area (Å²) in [5.41, 5.74) is 2.09. The van der Waals surface area contributed by atoms with Gasteiger partial charge in [-0.15, -0.1) is 0 Å². The lowest BCUT2D eigenvalue weighted by molar-refractivity contribution is -0.386. The van der Waals surface area contributed by atoms with Crippen molar-refractivity contribution in [2.24, 2.45) is 11.8 Å². The van der Waals surface area contributed by atoms with Crippen LogP contribution in [0.2, 0.25) is 0 Å². The molecule has 0 aliphatic carbocycles. The molecule has 0 aromatic heterocycles. The molecule has 0 radical (unpaired) electrons. The predicted octanol–water partition coefficient (Wildman–Crippen LogP) is 3.91. The fraction of sp³-hybridized carbons (Fsp3) is 0.700. The van der Waals surface area contributed by atoms with Crippen LogP contribution in [0.25, 0.3) is 0 Å². The van der Waals surface area contributed by atoms with Gasteiger partial charge in [0.15, 0.2) is 5.75 Å². The SMILES string of the molecule is Cc1cc([N+](=O)[O-])c(OC(C)C)cc1N1CCC(C2CCNCC2)CC1. The van der Waals surface area contributed by atoms with Crippen LogP contribution in [-0.4, -0.2) is 37.2 Å². The molecule has 3 rings (SSSR count). The van der Waals surface area contributed by atoms with E-state index in [0.29, 0.717) is 5.75 Å². The van der Waals surface area contributed by atoms with Gasteiger partial charge >= 0.3 is 5.69 Å². The Morgan fingerprint density at radius 2 is 1.77 bits per heavy atom. The van der Waals surface area contributed by atoms with Crippen LogP contribution < -0.4 is 15.0 Å². The first-order valence-electron chi connectivity index (χ1n) is 9.87. The Labute approximate surface area is 156 Å². The summed E-state index contributed by atoms with van der Waals surface area (Å²) >= 11 is 0. The molecule has 144 valence electrons. The monoisotopic (exact) mass is 361 g/mol. The lowest BCUT2D eigenvalue weighted by atomic mass is 9.79. The minimum absolute atomic E-state index is 0.0598. The van der Waals surface area contributed by atoms with Crippen LogP contribution in [0.5, 0.6) is 5.75 Å². The van der Waals surface area contributed by atoms with Gasteiger partial charge in [-0.05, 0) is 76.9 Å². The molecule has 0 bridgehead atoms. The fourth-order valence-corrected chi connectivity index (χ4v) is 4.42. The third kappa shape index (κ3) is 4.29. The van der Waals surface area contributed by atoms with Crippen molar-refractivity contribution in [1.82, 2.24) is 5.32 Å². The minimum atomic E-state index is -0.349. The van der Waals surface area contributed by atoms with Crippen LogP contribution in [0.4, 0.5) is 11.4 Å². The van der Waals surface area contributed by atoms with Crippen LogP contribution in [0.1, 0.15) is 45.1 Å². The Morgan fingerprint density at radius 1 is 1.15 bits per heavy atom. The Hall–Kier alpha value is -1.82. The minimum Gasteiger partial charge on any atom is -0.484 e. The number of nitrogens with zero attached hydrogens (tertiary/aromatic N) is 2.